The van der Waals surface area contributed by atoms with Crippen LogP contribution in [0.25, 0.3) is 0 Å². The molecule has 3 N–H and O–H groups in total. The van der Waals surface area contributed by atoms with Crippen molar-refractivity contribution >= 4 is 12.0 Å². The van der Waals surface area contributed by atoms with Crippen LogP contribution in [0.15, 0.2) is 0 Å². The summed E-state index contributed by atoms with van der Waals surface area (Å²) in [6.45, 7) is 6.17. The molecule has 0 aromatic heterocycles. The van der Waals surface area contributed by atoms with Crippen LogP contribution in [0.5, 0.6) is 0 Å². The van der Waals surface area contributed by atoms with Crippen molar-refractivity contribution < 1.29 is 14.7 Å². The van der Waals surface area contributed by atoms with Gasteiger partial charge in [0.2, 0.25) is 0 Å². The molecule has 1 saturated carbocycles. The first-order valence-electron chi connectivity index (χ1n) is 6.70. The van der Waals surface area contributed by atoms with Crippen LogP contribution in [0.1, 0.15) is 46.5 Å². The van der Waals surface area contributed by atoms with Crippen molar-refractivity contribution in [1.29, 1.82) is 0 Å². The molecular weight excluding hydrogens is 232 g/mol. The van der Waals surface area contributed by atoms with E-state index in [-0.39, 0.29) is 18.1 Å². The molecule has 0 heterocycles. The number of aliphatic carboxylic acids is 1. The van der Waals surface area contributed by atoms with E-state index in [4.69, 9.17) is 5.11 Å². The van der Waals surface area contributed by atoms with E-state index in [1.165, 1.54) is 0 Å². The molecule has 0 aliphatic heterocycles. The van der Waals surface area contributed by atoms with E-state index >= 15 is 0 Å². The Bertz CT molecular complexity index is 305. The molecule has 3 atom stereocenters. The molecule has 5 heteroatoms. The van der Waals surface area contributed by atoms with Gasteiger partial charge in [-0.2, -0.15) is 0 Å². The maximum Gasteiger partial charge on any atom is 0.315 e. The Hall–Kier alpha value is -1.26. The Kier molecular flexibility index (Phi) is 5.44. The minimum absolute atomic E-state index is 0.106. The first-order valence-corrected chi connectivity index (χ1v) is 6.70. The first kappa shape index (κ1) is 14.8. The molecule has 18 heavy (non-hydrogen) atoms. The molecule has 104 valence electrons. The predicted octanol–water partition coefficient (Wildman–Crippen LogP) is 1.97. The zero-order chi connectivity index (χ0) is 13.7. The van der Waals surface area contributed by atoms with Crippen molar-refractivity contribution in [3.05, 3.63) is 0 Å². The Morgan fingerprint density at radius 3 is 2.50 bits per heavy atom. The molecule has 0 aromatic rings. The standard InChI is InChI=1S/C13H24N2O3/c1-8(2)7-9(3)14-13(18)15-11-6-4-5-10(11)12(16)17/h8-11H,4-7H2,1-3H3,(H,16,17)(H2,14,15,18). The van der Waals surface area contributed by atoms with Gasteiger partial charge in [0, 0.05) is 12.1 Å². The number of carboxylic acid groups (broad SMARTS) is 1. The number of nitrogens with one attached hydrogen (secondary N) is 2. The lowest BCUT2D eigenvalue weighted by Gasteiger charge is -2.21. The maximum absolute atomic E-state index is 11.7. The number of hydrogen-bond donors (Lipinski definition) is 3. The molecular formula is C13H24N2O3. The molecule has 1 fully saturated rings. The highest BCUT2D eigenvalue weighted by atomic mass is 16.4. The van der Waals surface area contributed by atoms with Crippen molar-refractivity contribution in [1.82, 2.24) is 10.6 Å². The van der Waals surface area contributed by atoms with Gasteiger partial charge in [0.1, 0.15) is 0 Å². The third kappa shape index (κ3) is 4.55. The topological polar surface area (TPSA) is 78.4 Å². The second-order valence-electron chi connectivity index (χ2n) is 5.63. The van der Waals surface area contributed by atoms with Gasteiger partial charge in [-0.1, -0.05) is 20.3 Å². The Morgan fingerprint density at radius 2 is 1.94 bits per heavy atom. The van der Waals surface area contributed by atoms with E-state index in [9.17, 15) is 9.59 Å². The van der Waals surface area contributed by atoms with Crippen LogP contribution in [-0.2, 0) is 4.79 Å². The molecule has 1 rings (SSSR count). The zero-order valence-corrected chi connectivity index (χ0v) is 11.4. The second kappa shape index (κ2) is 6.61. The first-order chi connectivity index (χ1) is 8.40. The third-order valence-electron chi connectivity index (χ3n) is 3.35. The molecule has 0 aromatic carbocycles. The van der Waals surface area contributed by atoms with E-state index in [0.29, 0.717) is 12.3 Å². The van der Waals surface area contributed by atoms with Crippen LogP contribution >= 0.6 is 0 Å². The molecule has 0 radical (unpaired) electrons. The van der Waals surface area contributed by atoms with E-state index in [0.717, 1.165) is 19.3 Å². The fourth-order valence-corrected chi connectivity index (χ4v) is 2.63. The summed E-state index contributed by atoms with van der Waals surface area (Å²) in [5.74, 6) is -0.720. The lowest BCUT2D eigenvalue weighted by Crippen LogP contribution is -2.48. The van der Waals surface area contributed by atoms with Crippen LogP contribution in [-0.4, -0.2) is 29.2 Å². The number of urea groups is 1. The highest BCUT2D eigenvalue weighted by molar-refractivity contribution is 5.77. The molecule has 1 aliphatic carbocycles. The Labute approximate surface area is 108 Å². The SMILES string of the molecule is CC(C)CC(C)NC(=O)NC1CCCC1C(=O)O. The minimum Gasteiger partial charge on any atom is -0.481 e. The largest absolute Gasteiger partial charge is 0.481 e. The van der Waals surface area contributed by atoms with Gasteiger partial charge in [-0.25, -0.2) is 4.79 Å². The van der Waals surface area contributed by atoms with Crippen LogP contribution < -0.4 is 10.6 Å². The number of carboxylic acids is 1. The van der Waals surface area contributed by atoms with Crippen LogP contribution in [0, 0.1) is 11.8 Å². The highest BCUT2D eigenvalue weighted by Gasteiger charge is 2.33. The monoisotopic (exact) mass is 256 g/mol. The van der Waals surface area contributed by atoms with Gasteiger partial charge in [0.25, 0.3) is 0 Å². The average Bonchev–Trinajstić information content (AvgIpc) is 2.63. The lowest BCUT2D eigenvalue weighted by molar-refractivity contribution is -0.142. The smallest absolute Gasteiger partial charge is 0.315 e. The van der Waals surface area contributed by atoms with Gasteiger partial charge >= 0.3 is 12.0 Å². The molecule has 0 bridgehead atoms. The van der Waals surface area contributed by atoms with Gasteiger partial charge in [-0.05, 0) is 32.1 Å². The van der Waals surface area contributed by atoms with E-state index < -0.39 is 11.9 Å². The van der Waals surface area contributed by atoms with Crippen molar-refractivity contribution in [3.63, 3.8) is 0 Å². The molecule has 2 amide bonds. The fourth-order valence-electron chi connectivity index (χ4n) is 2.63. The lowest BCUT2D eigenvalue weighted by atomic mass is 10.0. The quantitative estimate of drug-likeness (QED) is 0.703. The minimum atomic E-state index is -0.812. The summed E-state index contributed by atoms with van der Waals surface area (Å²) in [7, 11) is 0. The summed E-state index contributed by atoms with van der Waals surface area (Å²) in [5.41, 5.74) is 0. The van der Waals surface area contributed by atoms with Crippen molar-refractivity contribution in [2.45, 2.75) is 58.5 Å². The average molecular weight is 256 g/mol. The number of carbonyl (C=O) groups excluding carboxylic acids is 1. The van der Waals surface area contributed by atoms with Gasteiger partial charge in [-0.15, -0.1) is 0 Å². The molecule has 5 nitrogen and oxygen atoms in total. The summed E-state index contributed by atoms with van der Waals surface area (Å²) < 4.78 is 0. The van der Waals surface area contributed by atoms with Gasteiger partial charge in [-0.3, -0.25) is 4.79 Å². The van der Waals surface area contributed by atoms with Crippen LogP contribution in [0.4, 0.5) is 4.79 Å². The van der Waals surface area contributed by atoms with E-state index in [1.54, 1.807) is 0 Å². The van der Waals surface area contributed by atoms with Crippen molar-refractivity contribution in [2.75, 3.05) is 0 Å². The normalized spacial score (nSPS) is 24.9. The van der Waals surface area contributed by atoms with E-state index in [2.05, 4.69) is 24.5 Å². The molecule has 1 aliphatic rings. The summed E-state index contributed by atoms with van der Waals surface area (Å²) >= 11 is 0. The molecule has 3 unspecified atom stereocenters. The second-order valence-corrected chi connectivity index (χ2v) is 5.63. The predicted molar refractivity (Wildman–Crippen MR) is 69.3 cm³/mol. The number of rotatable bonds is 5. The number of hydrogen-bond acceptors (Lipinski definition) is 2. The fraction of sp³-hybridized carbons (Fsp3) is 0.846. The van der Waals surface area contributed by atoms with E-state index in [1.807, 2.05) is 6.92 Å². The third-order valence-corrected chi connectivity index (χ3v) is 3.35. The number of amides is 2. The van der Waals surface area contributed by atoms with Crippen LogP contribution in [0.2, 0.25) is 0 Å². The maximum atomic E-state index is 11.7. The Morgan fingerprint density at radius 1 is 1.28 bits per heavy atom. The number of carbonyl (C=O) groups is 2. The van der Waals surface area contributed by atoms with Gasteiger partial charge < -0.3 is 15.7 Å². The highest BCUT2D eigenvalue weighted by Crippen LogP contribution is 2.25. The summed E-state index contributed by atoms with van der Waals surface area (Å²) in [6.07, 6.45) is 3.19. The van der Waals surface area contributed by atoms with Crippen molar-refractivity contribution in [2.24, 2.45) is 11.8 Å². The van der Waals surface area contributed by atoms with Crippen LogP contribution in [0.3, 0.4) is 0 Å². The Balaban J connectivity index is 2.37. The molecule has 0 spiro atoms. The summed E-state index contributed by atoms with van der Waals surface area (Å²) in [6, 6.07) is -0.371. The van der Waals surface area contributed by atoms with Gasteiger partial charge in [0.05, 0.1) is 5.92 Å². The summed E-state index contributed by atoms with van der Waals surface area (Å²) in [5, 5.41) is 14.7. The molecule has 0 saturated heterocycles. The summed E-state index contributed by atoms with van der Waals surface area (Å²) in [4.78, 5) is 22.7. The zero-order valence-electron chi connectivity index (χ0n) is 11.4. The van der Waals surface area contributed by atoms with Crippen molar-refractivity contribution in [3.8, 4) is 0 Å². The van der Waals surface area contributed by atoms with Gasteiger partial charge in [0.15, 0.2) is 0 Å².